The molecule has 0 bridgehead atoms. The Morgan fingerprint density at radius 3 is 2.92 bits per heavy atom. The van der Waals surface area contributed by atoms with Crippen LogP contribution in [0.2, 0.25) is 0 Å². The minimum absolute atomic E-state index is 0.281. The molecule has 0 spiro atoms. The number of aromatic amines is 1. The third kappa shape index (κ3) is 3.49. The van der Waals surface area contributed by atoms with Crippen LogP contribution < -0.4 is 4.74 Å². The van der Waals surface area contributed by atoms with E-state index >= 15 is 0 Å². The van der Waals surface area contributed by atoms with E-state index < -0.39 is 14.6 Å². The van der Waals surface area contributed by atoms with E-state index in [0.717, 1.165) is 0 Å². The van der Waals surface area contributed by atoms with Crippen molar-refractivity contribution in [2.24, 2.45) is 0 Å². The molecular weight excluding hydrogens is 187 g/mol. The minimum atomic E-state index is -4.44. The van der Waals surface area contributed by atoms with E-state index in [2.05, 4.69) is 19.5 Å². The van der Waals surface area contributed by atoms with Crippen molar-refractivity contribution in [3.63, 3.8) is 0 Å². The number of aromatic nitrogens is 2. The summed E-state index contributed by atoms with van der Waals surface area (Å²) in [5.74, 6) is 0.281. The Kier molecular flexibility index (Phi) is 2.83. The molecule has 7 nitrogen and oxygen atoms in total. The standard InChI is InChI=1S/C4H7N2O5P/c7-12(8,9)11-3-10-4-1-2-5-6-4/h1-2H,3H2,(H,5,6)(H2,7,8,9). The summed E-state index contributed by atoms with van der Waals surface area (Å²) < 4.78 is 18.8. The summed E-state index contributed by atoms with van der Waals surface area (Å²) >= 11 is 0. The molecule has 3 N–H and O–H groups in total. The number of ether oxygens (including phenoxy) is 1. The van der Waals surface area contributed by atoms with Crippen molar-refractivity contribution < 1.29 is 23.6 Å². The highest BCUT2D eigenvalue weighted by molar-refractivity contribution is 7.46. The molecule has 0 amide bonds. The smallest absolute Gasteiger partial charge is 0.450 e. The first kappa shape index (κ1) is 9.21. The van der Waals surface area contributed by atoms with Gasteiger partial charge in [0.15, 0.2) is 0 Å². The van der Waals surface area contributed by atoms with Crippen molar-refractivity contribution in [1.82, 2.24) is 10.2 Å². The van der Waals surface area contributed by atoms with Crippen LogP contribution in [0.1, 0.15) is 0 Å². The number of rotatable bonds is 4. The van der Waals surface area contributed by atoms with Crippen LogP contribution in [0.5, 0.6) is 5.88 Å². The lowest BCUT2D eigenvalue weighted by atomic mass is 10.7. The molecule has 12 heavy (non-hydrogen) atoms. The Labute approximate surface area is 67.6 Å². The van der Waals surface area contributed by atoms with E-state index in [9.17, 15) is 4.57 Å². The summed E-state index contributed by atoms with van der Waals surface area (Å²) in [5.41, 5.74) is 0. The van der Waals surface area contributed by atoms with E-state index in [0.29, 0.717) is 0 Å². The zero-order valence-electron chi connectivity index (χ0n) is 5.88. The Bertz CT molecular complexity index is 267. The number of phosphoric ester groups is 1. The molecule has 8 heteroatoms. The first-order valence-electron chi connectivity index (χ1n) is 2.90. The predicted molar refractivity (Wildman–Crippen MR) is 37.2 cm³/mol. The Hall–Kier alpha value is -0.880. The maximum atomic E-state index is 10.1. The molecule has 0 aliphatic heterocycles. The summed E-state index contributed by atoms with van der Waals surface area (Å²) in [6.45, 7) is -0.521. The van der Waals surface area contributed by atoms with Crippen LogP contribution in [0.15, 0.2) is 12.3 Å². The first-order valence-corrected chi connectivity index (χ1v) is 4.43. The first-order chi connectivity index (χ1) is 5.58. The highest BCUT2D eigenvalue weighted by Crippen LogP contribution is 2.35. The van der Waals surface area contributed by atoms with Gasteiger partial charge in [-0.15, -0.1) is 0 Å². The third-order valence-electron chi connectivity index (χ3n) is 0.910. The molecule has 0 saturated carbocycles. The predicted octanol–water partition coefficient (Wildman–Crippen LogP) is -0.145. The molecule has 0 aliphatic rings. The van der Waals surface area contributed by atoms with Gasteiger partial charge in [0.25, 0.3) is 0 Å². The van der Waals surface area contributed by atoms with Crippen molar-refractivity contribution in [1.29, 1.82) is 0 Å². The number of hydrogen-bond donors (Lipinski definition) is 3. The highest BCUT2D eigenvalue weighted by atomic mass is 31.2. The fraction of sp³-hybridized carbons (Fsp3) is 0.250. The molecule has 0 aromatic carbocycles. The van der Waals surface area contributed by atoms with E-state index in [1.54, 1.807) is 0 Å². The lowest BCUT2D eigenvalue weighted by molar-refractivity contribution is 0.0795. The van der Waals surface area contributed by atoms with Gasteiger partial charge in [-0.1, -0.05) is 0 Å². The number of phosphoric acid groups is 1. The second kappa shape index (κ2) is 3.68. The number of nitrogens with zero attached hydrogens (tertiary/aromatic N) is 1. The molecule has 0 radical (unpaired) electrons. The van der Waals surface area contributed by atoms with E-state index in [1.165, 1.54) is 12.3 Å². The zero-order chi connectivity index (χ0) is 9.03. The van der Waals surface area contributed by atoms with Crippen molar-refractivity contribution in [2.45, 2.75) is 0 Å². The normalized spacial score (nSPS) is 11.5. The number of hydrogen-bond acceptors (Lipinski definition) is 4. The van der Waals surface area contributed by atoms with E-state index in [1.807, 2.05) is 0 Å². The van der Waals surface area contributed by atoms with Crippen LogP contribution in [0, 0.1) is 0 Å². The quantitative estimate of drug-likeness (QED) is 0.455. The van der Waals surface area contributed by atoms with Gasteiger partial charge in [-0.3, -0.25) is 0 Å². The van der Waals surface area contributed by atoms with Gasteiger partial charge in [0.05, 0.1) is 6.20 Å². The minimum Gasteiger partial charge on any atom is -0.450 e. The molecule has 1 aromatic rings. The summed E-state index contributed by atoms with van der Waals surface area (Å²) in [7, 11) is -4.44. The molecule has 0 aliphatic carbocycles. The Morgan fingerprint density at radius 1 is 1.67 bits per heavy atom. The second-order valence-electron chi connectivity index (χ2n) is 1.80. The fourth-order valence-electron chi connectivity index (χ4n) is 0.482. The molecule has 1 rings (SSSR count). The van der Waals surface area contributed by atoms with Crippen LogP contribution in [-0.4, -0.2) is 26.8 Å². The lowest BCUT2D eigenvalue weighted by Gasteiger charge is -2.04. The molecular formula is C4H7N2O5P. The molecule has 68 valence electrons. The van der Waals surface area contributed by atoms with Gasteiger partial charge in [0.1, 0.15) is 0 Å². The molecule has 0 fully saturated rings. The van der Waals surface area contributed by atoms with Gasteiger partial charge in [-0.05, 0) is 0 Å². The Morgan fingerprint density at radius 2 is 2.42 bits per heavy atom. The highest BCUT2D eigenvalue weighted by Gasteiger charge is 2.13. The Balaban J connectivity index is 2.24. The van der Waals surface area contributed by atoms with Gasteiger partial charge in [0.2, 0.25) is 12.7 Å². The monoisotopic (exact) mass is 194 g/mol. The second-order valence-corrected chi connectivity index (χ2v) is 3.04. The molecule has 0 unspecified atom stereocenters. The van der Waals surface area contributed by atoms with Crippen molar-refractivity contribution in [2.75, 3.05) is 6.79 Å². The summed E-state index contributed by atoms with van der Waals surface area (Å²) in [4.78, 5) is 16.5. The summed E-state index contributed by atoms with van der Waals surface area (Å²) in [6, 6.07) is 1.49. The fourth-order valence-corrected chi connectivity index (χ4v) is 0.672. The number of H-pyrrole nitrogens is 1. The van der Waals surface area contributed by atoms with Crippen LogP contribution >= 0.6 is 7.82 Å². The SMILES string of the molecule is O=P(O)(O)OCOc1ccn[nH]1. The van der Waals surface area contributed by atoms with Crippen molar-refractivity contribution in [3.05, 3.63) is 12.3 Å². The van der Waals surface area contributed by atoms with Crippen molar-refractivity contribution >= 4 is 7.82 Å². The maximum absolute atomic E-state index is 10.1. The van der Waals surface area contributed by atoms with Crippen molar-refractivity contribution in [3.8, 4) is 5.88 Å². The largest absolute Gasteiger partial charge is 0.472 e. The van der Waals surface area contributed by atoms with E-state index in [4.69, 9.17) is 9.79 Å². The van der Waals surface area contributed by atoms with E-state index in [-0.39, 0.29) is 5.88 Å². The molecule has 0 atom stereocenters. The average molecular weight is 194 g/mol. The maximum Gasteiger partial charge on any atom is 0.472 e. The molecule has 1 aromatic heterocycles. The van der Waals surface area contributed by atoms with Crippen LogP contribution in [-0.2, 0) is 9.09 Å². The van der Waals surface area contributed by atoms with Gasteiger partial charge in [0, 0.05) is 6.07 Å². The van der Waals surface area contributed by atoms with Gasteiger partial charge >= 0.3 is 7.82 Å². The molecule has 0 saturated heterocycles. The van der Waals surface area contributed by atoms with Crippen LogP contribution in [0.25, 0.3) is 0 Å². The topological polar surface area (TPSA) is 105 Å². The zero-order valence-corrected chi connectivity index (χ0v) is 6.77. The summed E-state index contributed by atoms with van der Waals surface area (Å²) in [5, 5.41) is 5.96. The number of nitrogens with one attached hydrogen (secondary N) is 1. The third-order valence-corrected chi connectivity index (χ3v) is 1.35. The lowest BCUT2D eigenvalue weighted by Crippen LogP contribution is -2.00. The van der Waals surface area contributed by atoms with Crippen LogP contribution in [0.3, 0.4) is 0 Å². The van der Waals surface area contributed by atoms with Gasteiger partial charge < -0.3 is 14.5 Å². The average Bonchev–Trinajstić information content (AvgIpc) is 2.36. The summed E-state index contributed by atoms with van der Waals surface area (Å²) in [6.07, 6.45) is 1.44. The molecule has 1 heterocycles. The van der Waals surface area contributed by atoms with Crippen LogP contribution in [0.4, 0.5) is 0 Å². The van der Waals surface area contributed by atoms with Gasteiger partial charge in [-0.2, -0.15) is 5.10 Å². The van der Waals surface area contributed by atoms with Gasteiger partial charge in [-0.25, -0.2) is 14.2 Å².